The van der Waals surface area contributed by atoms with E-state index < -0.39 is 9.84 Å². The highest BCUT2D eigenvalue weighted by atomic mass is 32.2. The fraction of sp³-hybridized carbons (Fsp3) is 1.00. The van der Waals surface area contributed by atoms with Gasteiger partial charge in [-0.3, -0.25) is 0 Å². The first-order chi connectivity index (χ1) is 5.41. The first-order valence-electron chi connectivity index (χ1n) is 4.56. The van der Waals surface area contributed by atoms with Crippen LogP contribution in [0.5, 0.6) is 0 Å². The van der Waals surface area contributed by atoms with Crippen molar-refractivity contribution in [3.8, 4) is 0 Å². The van der Waals surface area contributed by atoms with Gasteiger partial charge >= 0.3 is 0 Å². The Bertz CT molecular complexity index is 147. The van der Waals surface area contributed by atoms with Crippen molar-refractivity contribution in [3.63, 3.8) is 0 Å². The van der Waals surface area contributed by atoms with Crippen molar-refractivity contribution in [2.45, 2.75) is 46.0 Å². The molecule has 0 saturated carbocycles. The van der Waals surface area contributed by atoms with E-state index in [0.29, 0.717) is 0 Å². The van der Waals surface area contributed by atoms with E-state index in [1.807, 2.05) is 0 Å². The average molecular weight is 194 g/mol. The third kappa shape index (κ3) is 51.1. The average Bonchev–Trinajstić information content (AvgIpc) is 1.85. The minimum atomic E-state index is -2.67. The summed E-state index contributed by atoms with van der Waals surface area (Å²) in [6.07, 6.45) is 9.33. The van der Waals surface area contributed by atoms with E-state index in [4.69, 9.17) is 0 Å². The van der Waals surface area contributed by atoms with E-state index in [1.54, 1.807) is 0 Å². The van der Waals surface area contributed by atoms with Crippen LogP contribution in [0.4, 0.5) is 0 Å². The van der Waals surface area contributed by atoms with Crippen molar-refractivity contribution in [2.75, 3.05) is 12.5 Å². The van der Waals surface area contributed by atoms with Gasteiger partial charge in [-0.05, 0) is 0 Å². The normalized spacial score (nSPS) is 10.3. The first-order valence-corrected chi connectivity index (χ1v) is 6.86. The van der Waals surface area contributed by atoms with Gasteiger partial charge in [-0.1, -0.05) is 46.0 Å². The molecule has 0 heterocycles. The van der Waals surface area contributed by atoms with Gasteiger partial charge in [-0.25, -0.2) is 8.42 Å². The van der Waals surface area contributed by atoms with Crippen LogP contribution in [0.1, 0.15) is 46.0 Å². The Morgan fingerprint density at radius 2 is 1.08 bits per heavy atom. The molecule has 0 aromatic rings. The fourth-order valence-corrected chi connectivity index (χ4v) is 0.677. The molecule has 12 heavy (non-hydrogen) atoms. The van der Waals surface area contributed by atoms with Crippen LogP contribution < -0.4 is 0 Å². The van der Waals surface area contributed by atoms with Gasteiger partial charge in [0.25, 0.3) is 0 Å². The number of sulfone groups is 1. The van der Waals surface area contributed by atoms with E-state index in [9.17, 15) is 8.42 Å². The number of hydrogen-bond acceptors (Lipinski definition) is 2. The zero-order chi connectivity index (χ0) is 10.0. The molecule has 0 aliphatic heterocycles. The van der Waals surface area contributed by atoms with Crippen molar-refractivity contribution < 1.29 is 8.42 Å². The highest BCUT2D eigenvalue weighted by molar-refractivity contribution is 7.89. The topological polar surface area (TPSA) is 34.1 Å². The van der Waals surface area contributed by atoms with Gasteiger partial charge in [-0.2, -0.15) is 0 Å². The molecule has 0 atom stereocenters. The van der Waals surface area contributed by atoms with Gasteiger partial charge in [-0.15, -0.1) is 0 Å². The Kier molecular flexibility index (Phi) is 10.9. The Hall–Kier alpha value is -0.0500. The van der Waals surface area contributed by atoms with Gasteiger partial charge in [0.15, 0.2) is 0 Å². The SMILES string of the molecule is CCCCCCC.CS(C)(=O)=O. The van der Waals surface area contributed by atoms with Crippen LogP contribution in [0, 0.1) is 0 Å². The molecule has 0 saturated heterocycles. The van der Waals surface area contributed by atoms with Crippen LogP contribution in [-0.2, 0) is 9.84 Å². The molecule has 0 fully saturated rings. The maximum atomic E-state index is 9.63. The zero-order valence-electron chi connectivity index (χ0n) is 8.76. The second-order valence-electron chi connectivity index (χ2n) is 3.20. The molecule has 0 N–H and O–H groups in total. The highest BCUT2D eigenvalue weighted by Gasteiger charge is 1.80. The molecule has 0 aliphatic rings. The van der Waals surface area contributed by atoms with E-state index in [2.05, 4.69) is 13.8 Å². The van der Waals surface area contributed by atoms with Crippen LogP contribution in [0.2, 0.25) is 0 Å². The summed E-state index contributed by atoms with van der Waals surface area (Å²) in [4.78, 5) is 0. The zero-order valence-corrected chi connectivity index (χ0v) is 9.58. The summed E-state index contributed by atoms with van der Waals surface area (Å²) in [6.45, 7) is 4.49. The van der Waals surface area contributed by atoms with Crippen LogP contribution in [0.3, 0.4) is 0 Å². The highest BCUT2D eigenvalue weighted by Crippen LogP contribution is 2.00. The minimum Gasteiger partial charge on any atom is -0.229 e. The summed E-state index contributed by atoms with van der Waals surface area (Å²) in [6, 6.07) is 0. The molecule has 0 rings (SSSR count). The van der Waals surface area contributed by atoms with Gasteiger partial charge in [0.05, 0.1) is 0 Å². The van der Waals surface area contributed by atoms with E-state index in [1.165, 1.54) is 32.1 Å². The molecule has 0 aliphatic carbocycles. The molecular formula is C9H22O2S. The summed E-state index contributed by atoms with van der Waals surface area (Å²) < 4.78 is 19.3. The Morgan fingerprint density at radius 3 is 1.25 bits per heavy atom. The minimum absolute atomic E-state index is 1.16. The molecule has 0 aromatic carbocycles. The fourth-order valence-electron chi connectivity index (χ4n) is 0.677. The maximum absolute atomic E-state index is 9.63. The quantitative estimate of drug-likeness (QED) is 0.645. The van der Waals surface area contributed by atoms with Crippen molar-refractivity contribution in [2.24, 2.45) is 0 Å². The number of rotatable bonds is 4. The summed E-state index contributed by atoms with van der Waals surface area (Å²) in [5.74, 6) is 0. The van der Waals surface area contributed by atoms with Gasteiger partial charge in [0, 0.05) is 12.5 Å². The molecule has 0 spiro atoms. The van der Waals surface area contributed by atoms with Crippen molar-refractivity contribution >= 4 is 9.84 Å². The molecule has 2 nitrogen and oxygen atoms in total. The lowest BCUT2D eigenvalue weighted by molar-refractivity contribution is 0.607. The van der Waals surface area contributed by atoms with Crippen LogP contribution in [0.15, 0.2) is 0 Å². The summed E-state index contributed by atoms with van der Waals surface area (Å²) >= 11 is 0. The van der Waals surface area contributed by atoms with Crippen LogP contribution in [-0.4, -0.2) is 20.9 Å². The smallest absolute Gasteiger partial charge is 0.144 e. The van der Waals surface area contributed by atoms with Crippen molar-refractivity contribution in [3.05, 3.63) is 0 Å². The molecule has 0 aromatic heterocycles. The summed E-state index contributed by atoms with van der Waals surface area (Å²) in [5, 5.41) is 0. The molecule has 0 unspecified atom stereocenters. The molecule has 3 heteroatoms. The monoisotopic (exact) mass is 194 g/mol. The standard InChI is InChI=1S/C7H16.C2H6O2S/c1-3-5-7-6-4-2;1-5(2,3)4/h3-7H2,1-2H3;1-2H3. The Labute approximate surface area is 77.3 Å². The lowest BCUT2D eigenvalue weighted by Crippen LogP contribution is -1.86. The lowest BCUT2D eigenvalue weighted by atomic mass is 10.2. The van der Waals surface area contributed by atoms with Crippen LogP contribution in [0.25, 0.3) is 0 Å². The van der Waals surface area contributed by atoms with E-state index >= 15 is 0 Å². The third-order valence-electron chi connectivity index (χ3n) is 1.21. The third-order valence-corrected chi connectivity index (χ3v) is 1.21. The lowest BCUT2D eigenvalue weighted by Gasteiger charge is -1.90. The van der Waals surface area contributed by atoms with Gasteiger partial charge in [0.1, 0.15) is 9.84 Å². The Balaban J connectivity index is 0. The second kappa shape index (κ2) is 9.04. The molecular weight excluding hydrogens is 172 g/mol. The molecule has 0 radical (unpaired) electrons. The summed E-state index contributed by atoms with van der Waals surface area (Å²) in [7, 11) is -2.67. The van der Waals surface area contributed by atoms with Crippen molar-refractivity contribution in [1.82, 2.24) is 0 Å². The molecule has 76 valence electrons. The van der Waals surface area contributed by atoms with E-state index in [-0.39, 0.29) is 0 Å². The predicted octanol–water partition coefficient (Wildman–Crippen LogP) is 2.64. The first kappa shape index (κ1) is 14.5. The van der Waals surface area contributed by atoms with Crippen LogP contribution >= 0.6 is 0 Å². The van der Waals surface area contributed by atoms with Crippen molar-refractivity contribution in [1.29, 1.82) is 0 Å². The van der Waals surface area contributed by atoms with Gasteiger partial charge < -0.3 is 0 Å². The number of hydrogen-bond donors (Lipinski definition) is 0. The molecule has 0 bridgehead atoms. The van der Waals surface area contributed by atoms with Gasteiger partial charge in [0.2, 0.25) is 0 Å². The summed E-state index contributed by atoms with van der Waals surface area (Å²) in [5.41, 5.74) is 0. The second-order valence-corrected chi connectivity index (χ2v) is 5.49. The van der Waals surface area contributed by atoms with E-state index in [0.717, 1.165) is 12.5 Å². The molecule has 0 amide bonds. The Morgan fingerprint density at radius 1 is 0.833 bits per heavy atom. The number of unbranched alkanes of at least 4 members (excludes halogenated alkanes) is 4. The maximum Gasteiger partial charge on any atom is 0.144 e. The predicted molar refractivity (Wildman–Crippen MR) is 55.2 cm³/mol. The largest absolute Gasteiger partial charge is 0.229 e.